The molecule has 0 unspecified atom stereocenters. The third-order valence-electron chi connectivity index (χ3n) is 2.29. The number of hydrogen-bond donors (Lipinski definition) is 2. The van der Waals surface area contributed by atoms with Crippen molar-refractivity contribution in [2.45, 2.75) is 37.5 Å². The maximum Gasteiger partial charge on any atom is 0.0485 e. The lowest BCUT2D eigenvalue weighted by atomic mass is 10.2. The molecular formula is C12H20N2S. The normalized spacial score (nSPS) is 10.3. The molecular weight excluding hydrogens is 204 g/mol. The average Bonchev–Trinajstić information content (AvgIpc) is 2.30. The number of benzene rings is 1. The van der Waals surface area contributed by atoms with Gasteiger partial charge in [0, 0.05) is 10.6 Å². The summed E-state index contributed by atoms with van der Waals surface area (Å²) in [5.74, 6) is 6.52. The first-order chi connectivity index (χ1) is 7.36. The quantitative estimate of drug-likeness (QED) is 0.321. The van der Waals surface area contributed by atoms with Gasteiger partial charge in [-0.05, 0) is 36.4 Å². The Balaban J connectivity index is 2.20. The zero-order chi connectivity index (χ0) is 10.9. The zero-order valence-electron chi connectivity index (χ0n) is 9.33. The molecule has 0 aromatic heterocycles. The minimum absolute atomic E-state index is 0.963. The fraction of sp³-hybridized carbons (Fsp3) is 0.500. The summed E-state index contributed by atoms with van der Waals surface area (Å²) in [5.41, 5.74) is 3.59. The molecule has 1 rings (SSSR count). The lowest BCUT2D eigenvalue weighted by Crippen LogP contribution is -2.05. The van der Waals surface area contributed by atoms with E-state index in [-0.39, 0.29) is 0 Å². The van der Waals surface area contributed by atoms with Crippen LogP contribution in [0.3, 0.4) is 0 Å². The van der Waals surface area contributed by atoms with E-state index in [0.717, 1.165) is 5.69 Å². The van der Waals surface area contributed by atoms with Gasteiger partial charge in [0.15, 0.2) is 0 Å². The zero-order valence-corrected chi connectivity index (χ0v) is 10.1. The van der Waals surface area contributed by atoms with Crippen molar-refractivity contribution in [3.05, 3.63) is 24.3 Å². The molecule has 3 N–H and O–H groups in total. The average molecular weight is 224 g/mol. The molecule has 0 spiro atoms. The van der Waals surface area contributed by atoms with Gasteiger partial charge in [-0.2, -0.15) is 0 Å². The predicted octanol–water partition coefficient (Wildman–Crippen LogP) is 3.64. The van der Waals surface area contributed by atoms with Crippen molar-refractivity contribution >= 4 is 17.4 Å². The van der Waals surface area contributed by atoms with Gasteiger partial charge < -0.3 is 5.43 Å². The highest BCUT2D eigenvalue weighted by molar-refractivity contribution is 7.99. The van der Waals surface area contributed by atoms with Crippen molar-refractivity contribution in [3.63, 3.8) is 0 Å². The second-order valence-corrected chi connectivity index (χ2v) is 4.75. The Morgan fingerprint density at radius 2 is 1.87 bits per heavy atom. The van der Waals surface area contributed by atoms with E-state index < -0.39 is 0 Å². The Hall–Kier alpha value is -0.670. The molecule has 0 heterocycles. The van der Waals surface area contributed by atoms with Gasteiger partial charge in [0.1, 0.15) is 0 Å². The van der Waals surface area contributed by atoms with E-state index in [2.05, 4.69) is 24.5 Å². The summed E-state index contributed by atoms with van der Waals surface area (Å²) >= 11 is 1.92. The first-order valence-electron chi connectivity index (χ1n) is 5.56. The highest BCUT2D eigenvalue weighted by atomic mass is 32.2. The smallest absolute Gasteiger partial charge is 0.0485 e. The van der Waals surface area contributed by atoms with Gasteiger partial charge in [0.2, 0.25) is 0 Å². The van der Waals surface area contributed by atoms with Gasteiger partial charge in [0.05, 0.1) is 0 Å². The Kier molecular flexibility index (Phi) is 6.28. The third-order valence-corrected chi connectivity index (χ3v) is 3.39. The summed E-state index contributed by atoms with van der Waals surface area (Å²) in [6.45, 7) is 2.24. The molecule has 0 saturated carbocycles. The Morgan fingerprint density at radius 3 is 2.47 bits per heavy atom. The maximum atomic E-state index is 5.30. The van der Waals surface area contributed by atoms with Crippen LogP contribution in [0.5, 0.6) is 0 Å². The Bertz CT molecular complexity index is 259. The van der Waals surface area contributed by atoms with Crippen LogP contribution in [0.2, 0.25) is 0 Å². The number of rotatable bonds is 7. The van der Waals surface area contributed by atoms with Crippen LogP contribution in [0.4, 0.5) is 5.69 Å². The van der Waals surface area contributed by atoms with E-state index >= 15 is 0 Å². The molecule has 0 bridgehead atoms. The van der Waals surface area contributed by atoms with E-state index in [4.69, 9.17) is 5.84 Å². The molecule has 3 heteroatoms. The van der Waals surface area contributed by atoms with Crippen molar-refractivity contribution < 1.29 is 0 Å². The summed E-state index contributed by atoms with van der Waals surface area (Å²) in [6, 6.07) is 8.24. The van der Waals surface area contributed by atoms with Gasteiger partial charge in [-0.25, -0.2) is 0 Å². The van der Waals surface area contributed by atoms with Gasteiger partial charge in [-0.1, -0.05) is 26.2 Å². The highest BCUT2D eigenvalue weighted by Crippen LogP contribution is 2.21. The van der Waals surface area contributed by atoms with Crippen LogP contribution < -0.4 is 11.3 Å². The van der Waals surface area contributed by atoms with E-state index in [1.165, 1.54) is 36.3 Å². The number of nitrogens with two attached hydrogens (primary N) is 1. The summed E-state index contributed by atoms with van der Waals surface area (Å²) in [6.07, 6.45) is 5.33. The largest absolute Gasteiger partial charge is 0.324 e. The first kappa shape index (κ1) is 12.4. The maximum absolute atomic E-state index is 5.30. The number of thioether (sulfide) groups is 1. The molecule has 84 valence electrons. The Morgan fingerprint density at radius 1 is 1.13 bits per heavy atom. The van der Waals surface area contributed by atoms with Gasteiger partial charge >= 0.3 is 0 Å². The molecule has 0 aliphatic carbocycles. The van der Waals surface area contributed by atoms with Gasteiger partial charge in [0.25, 0.3) is 0 Å². The predicted molar refractivity (Wildman–Crippen MR) is 69.1 cm³/mol. The molecule has 15 heavy (non-hydrogen) atoms. The standard InChI is InChI=1S/C12H20N2S/c1-2-3-4-5-10-15-12-8-6-11(14-13)7-9-12/h6-9,14H,2-5,10,13H2,1H3. The second-order valence-electron chi connectivity index (χ2n) is 3.58. The number of anilines is 1. The molecule has 0 aliphatic rings. The van der Waals surface area contributed by atoms with Crippen LogP contribution >= 0.6 is 11.8 Å². The van der Waals surface area contributed by atoms with Crippen LogP contribution in [-0.2, 0) is 0 Å². The monoisotopic (exact) mass is 224 g/mol. The highest BCUT2D eigenvalue weighted by Gasteiger charge is 1.94. The number of hydrogen-bond acceptors (Lipinski definition) is 3. The molecule has 0 amide bonds. The number of hydrazine groups is 1. The van der Waals surface area contributed by atoms with Crippen LogP contribution in [0.25, 0.3) is 0 Å². The topological polar surface area (TPSA) is 38.0 Å². The van der Waals surface area contributed by atoms with E-state index in [1.54, 1.807) is 0 Å². The Labute approximate surface area is 96.6 Å². The second kappa shape index (κ2) is 7.60. The summed E-state index contributed by atoms with van der Waals surface area (Å²) in [5, 5.41) is 0. The summed E-state index contributed by atoms with van der Waals surface area (Å²) in [4.78, 5) is 1.32. The number of unbranched alkanes of at least 4 members (excludes halogenated alkanes) is 3. The molecule has 0 atom stereocenters. The minimum Gasteiger partial charge on any atom is -0.324 e. The van der Waals surface area contributed by atoms with E-state index in [0.29, 0.717) is 0 Å². The summed E-state index contributed by atoms with van der Waals surface area (Å²) in [7, 11) is 0. The fourth-order valence-electron chi connectivity index (χ4n) is 1.37. The molecule has 1 aromatic carbocycles. The molecule has 0 aliphatic heterocycles. The molecule has 0 radical (unpaired) electrons. The third kappa shape index (κ3) is 5.09. The molecule has 0 fully saturated rings. The van der Waals surface area contributed by atoms with Gasteiger partial charge in [-0.3, -0.25) is 5.84 Å². The SMILES string of the molecule is CCCCCCSc1ccc(NN)cc1. The van der Waals surface area contributed by atoms with Crippen molar-refractivity contribution in [1.29, 1.82) is 0 Å². The van der Waals surface area contributed by atoms with Crippen LogP contribution in [0.1, 0.15) is 32.6 Å². The first-order valence-corrected chi connectivity index (χ1v) is 6.55. The van der Waals surface area contributed by atoms with Crippen LogP contribution in [0, 0.1) is 0 Å². The van der Waals surface area contributed by atoms with Crippen molar-refractivity contribution in [1.82, 2.24) is 0 Å². The number of nitrogens with one attached hydrogen (secondary N) is 1. The van der Waals surface area contributed by atoms with Crippen molar-refractivity contribution in [3.8, 4) is 0 Å². The number of nitrogen functional groups attached to an aromatic ring is 1. The van der Waals surface area contributed by atoms with Crippen molar-refractivity contribution in [2.24, 2.45) is 5.84 Å². The van der Waals surface area contributed by atoms with Crippen molar-refractivity contribution in [2.75, 3.05) is 11.2 Å². The molecule has 0 saturated heterocycles. The van der Waals surface area contributed by atoms with Crippen LogP contribution in [0.15, 0.2) is 29.2 Å². The minimum atomic E-state index is 0.963. The molecule has 2 nitrogen and oxygen atoms in total. The fourth-order valence-corrected chi connectivity index (χ4v) is 2.28. The lowest BCUT2D eigenvalue weighted by molar-refractivity contribution is 0.706. The van der Waals surface area contributed by atoms with Crippen LogP contribution in [-0.4, -0.2) is 5.75 Å². The summed E-state index contributed by atoms with van der Waals surface area (Å²) < 4.78 is 0. The van der Waals surface area contributed by atoms with Gasteiger partial charge in [-0.15, -0.1) is 11.8 Å². The van der Waals surface area contributed by atoms with E-state index in [1.807, 2.05) is 23.9 Å². The lowest BCUT2D eigenvalue weighted by Gasteiger charge is -2.03. The molecule has 1 aromatic rings. The van der Waals surface area contributed by atoms with E-state index in [9.17, 15) is 0 Å².